The lowest BCUT2D eigenvalue weighted by atomic mass is 9.80. The van der Waals surface area contributed by atoms with Crippen LogP contribution in [0.15, 0.2) is 0 Å². The molecule has 5 nitrogen and oxygen atoms in total. The largest absolute Gasteiger partial charge is 0.314 e. The Morgan fingerprint density at radius 3 is 2.74 bits per heavy atom. The Balaban J connectivity index is 2.32. The molecule has 5 heteroatoms. The Bertz CT molecular complexity index is 284. The summed E-state index contributed by atoms with van der Waals surface area (Å²) in [4.78, 5) is 17.2. The predicted octanol–water partition coefficient (Wildman–Crippen LogP) is 3.12. The summed E-state index contributed by atoms with van der Waals surface area (Å²) in [6.45, 7) is 10.4. The Morgan fingerprint density at radius 1 is 1.37 bits per heavy atom. The van der Waals surface area contributed by atoms with Crippen molar-refractivity contribution in [1.82, 2.24) is 4.90 Å². The number of likely N-dealkylation sites (tertiary alicyclic amines) is 1. The van der Waals surface area contributed by atoms with Crippen LogP contribution in [0.5, 0.6) is 0 Å². The molecule has 1 unspecified atom stereocenters. The minimum Gasteiger partial charge on any atom is -0.314 e. The van der Waals surface area contributed by atoms with Crippen LogP contribution in [0.25, 0.3) is 0 Å². The molecule has 1 rings (SSSR count). The molecule has 0 aromatic carbocycles. The molecule has 1 atom stereocenters. The highest BCUT2D eigenvalue weighted by atomic mass is 16.9. The predicted molar refractivity (Wildman–Crippen MR) is 75.4 cm³/mol. The third-order valence-corrected chi connectivity index (χ3v) is 4.21. The van der Waals surface area contributed by atoms with E-state index in [0.717, 1.165) is 31.7 Å². The second-order valence-corrected chi connectivity index (χ2v) is 6.50. The van der Waals surface area contributed by atoms with Gasteiger partial charge in [0.2, 0.25) is 0 Å². The van der Waals surface area contributed by atoms with Crippen LogP contribution in [0.4, 0.5) is 0 Å². The normalized spacial score (nSPS) is 25.3. The number of hydrogen-bond acceptors (Lipinski definition) is 4. The third-order valence-electron chi connectivity index (χ3n) is 4.21. The van der Waals surface area contributed by atoms with Gasteiger partial charge in [-0.15, -0.1) is 10.1 Å². The average Bonchev–Trinajstić information content (AvgIpc) is 2.49. The molecule has 1 aliphatic heterocycles. The zero-order valence-electron chi connectivity index (χ0n) is 12.6. The van der Waals surface area contributed by atoms with Gasteiger partial charge in [-0.05, 0) is 63.1 Å². The van der Waals surface area contributed by atoms with E-state index in [1.54, 1.807) is 0 Å². The van der Waals surface area contributed by atoms with Crippen LogP contribution in [0.1, 0.15) is 52.9 Å². The van der Waals surface area contributed by atoms with Gasteiger partial charge in [-0.1, -0.05) is 20.8 Å². The Morgan fingerprint density at radius 2 is 2.11 bits per heavy atom. The molecule has 1 heterocycles. The van der Waals surface area contributed by atoms with Gasteiger partial charge in [0.15, 0.2) is 0 Å². The molecule has 0 bridgehead atoms. The highest BCUT2D eigenvalue weighted by molar-refractivity contribution is 4.80. The summed E-state index contributed by atoms with van der Waals surface area (Å²) >= 11 is 0. The van der Waals surface area contributed by atoms with Crippen LogP contribution in [0, 0.1) is 21.4 Å². The maximum absolute atomic E-state index is 10.2. The molecule has 1 aliphatic rings. The van der Waals surface area contributed by atoms with Gasteiger partial charge >= 0.3 is 0 Å². The van der Waals surface area contributed by atoms with Crippen LogP contribution in [0.3, 0.4) is 0 Å². The van der Waals surface area contributed by atoms with Gasteiger partial charge in [-0.3, -0.25) is 0 Å². The summed E-state index contributed by atoms with van der Waals surface area (Å²) in [5.74, 6) is 0.753. The Labute approximate surface area is 116 Å². The molecular weight excluding hydrogens is 244 g/mol. The molecule has 0 aromatic rings. The van der Waals surface area contributed by atoms with Crippen molar-refractivity contribution >= 4 is 0 Å². The van der Waals surface area contributed by atoms with Gasteiger partial charge < -0.3 is 9.74 Å². The first-order valence-electron chi connectivity index (χ1n) is 7.41. The fraction of sp³-hybridized carbons (Fsp3) is 1.00. The summed E-state index contributed by atoms with van der Waals surface area (Å²) in [5.41, 5.74) is 0.197. The molecule has 19 heavy (non-hydrogen) atoms. The lowest BCUT2D eigenvalue weighted by Gasteiger charge is -2.28. The van der Waals surface area contributed by atoms with Crippen molar-refractivity contribution in [2.24, 2.45) is 11.3 Å². The van der Waals surface area contributed by atoms with E-state index in [4.69, 9.17) is 0 Å². The molecule has 1 fully saturated rings. The maximum atomic E-state index is 10.2. The molecule has 1 saturated heterocycles. The van der Waals surface area contributed by atoms with Gasteiger partial charge in [-0.2, -0.15) is 0 Å². The second kappa shape index (κ2) is 7.68. The van der Waals surface area contributed by atoms with Crippen molar-refractivity contribution in [2.45, 2.75) is 52.9 Å². The van der Waals surface area contributed by atoms with Gasteiger partial charge in [0.1, 0.15) is 0 Å². The van der Waals surface area contributed by atoms with E-state index in [1.807, 2.05) is 0 Å². The van der Waals surface area contributed by atoms with E-state index in [-0.39, 0.29) is 12.0 Å². The average molecular weight is 272 g/mol. The molecule has 0 aliphatic carbocycles. The first kappa shape index (κ1) is 16.2. The molecule has 0 spiro atoms. The van der Waals surface area contributed by atoms with Crippen molar-refractivity contribution in [3.05, 3.63) is 10.1 Å². The standard InChI is InChI=1S/C14H28N2O3/c1-13(2)5-10-15-9-4-6-14(3,7-11-15)8-12-19-16(17)18/h13H,4-12H2,1-3H3. The summed E-state index contributed by atoms with van der Waals surface area (Å²) in [6, 6.07) is 0. The summed E-state index contributed by atoms with van der Waals surface area (Å²) < 4.78 is 0. The van der Waals surface area contributed by atoms with Crippen molar-refractivity contribution in [2.75, 3.05) is 26.2 Å². The molecule has 0 aromatic heterocycles. The van der Waals surface area contributed by atoms with Crippen molar-refractivity contribution in [1.29, 1.82) is 0 Å². The van der Waals surface area contributed by atoms with Crippen molar-refractivity contribution in [3.8, 4) is 0 Å². The topological polar surface area (TPSA) is 55.6 Å². The van der Waals surface area contributed by atoms with Crippen molar-refractivity contribution < 1.29 is 9.92 Å². The number of rotatable bonds is 7. The van der Waals surface area contributed by atoms with Gasteiger partial charge in [0.05, 0.1) is 6.61 Å². The molecule has 112 valence electrons. The quantitative estimate of drug-likeness (QED) is 0.528. The highest BCUT2D eigenvalue weighted by Crippen LogP contribution is 2.34. The van der Waals surface area contributed by atoms with Gasteiger partial charge in [0.25, 0.3) is 5.09 Å². The highest BCUT2D eigenvalue weighted by Gasteiger charge is 2.27. The monoisotopic (exact) mass is 272 g/mol. The van der Waals surface area contributed by atoms with E-state index < -0.39 is 5.09 Å². The summed E-state index contributed by atoms with van der Waals surface area (Å²) in [7, 11) is 0. The first-order valence-corrected chi connectivity index (χ1v) is 7.41. The third kappa shape index (κ3) is 6.76. The number of hydrogen-bond donors (Lipinski definition) is 0. The van der Waals surface area contributed by atoms with E-state index in [2.05, 4.69) is 30.5 Å². The van der Waals surface area contributed by atoms with E-state index in [9.17, 15) is 10.1 Å². The first-order chi connectivity index (χ1) is 8.91. The molecule has 0 N–H and O–H groups in total. The maximum Gasteiger partial charge on any atom is 0.294 e. The minimum absolute atomic E-state index is 0.197. The van der Waals surface area contributed by atoms with Crippen LogP contribution in [-0.4, -0.2) is 36.2 Å². The SMILES string of the molecule is CC(C)CCN1CCCC(C)(CCO[N+](=O)[O-])CC1. The lowest BCUT2D eigenvalue weighted by molar-refractivity contribution is -0.758. The van der Waals surface area contributed by atoms with Crippen LogP contribution >= 0.6 is 0 Å². The molecule has 0 saturated carbocycles. The Kier molecular flexibility index (Phi) is 6.55. The van der Waals surface area contributed by atoms with Crippen LogP contribution in [0.2, 0.25) is 0 Å². The molecular formula is C14H28N2O3. The molecule has 0 amide bonds. The summed E-state index contributed by atoms with van der Waals surface area (Å²) in [5, 5.41) is 9.50. The zero-order chi connectivity index (χ0) is 14.3. The Hall–Kier alpha value is -0.840. The second-order valence-electron chi connectivity index (χ2n) is 6.50. The smallest absolute Gasteiger partial charge is 0.294 e. The van der Waals surface area contributed by atoms with Gasteiger partial charge in [-0.25, -0.2) is 0 Å². The van der Waals surface area contributed by atoms with Gasteiger partial charge in [0, 0.05) is 0 Å². The fourth-order valence-corrected chi connectivity index (χ4v) is 2.68. The fourth-order valence-electron chi connectivity index (χ4n) is 2.68. The van der Waals surface area contributed by atoms with E-state index in [0.29, 0.717) is 0 Å². The minimum atomic E-state index is -0.686. The van der Waals surface area contributed by atoms with Crippen LogP contribution in [-0.2, 0) is 4.84 Å². The van der Waals surface area contributed by atoms with E-state index in [1.165, 1.54) is 25.9 Å². The lowest BCUT2D eigenvalue weighted by Crippen LogP contribution is -2.28. The number of nitrogens with zero attached hydrogens (tertiary/aromatic N) is 2. The van der Waals surface area contributed by atoms with Crippen LogP contribution < -0.4 is 0 Å². The molecule has 0 radical (unpaired) electrons. The van der Waals surface area contributed by atoms with Crippen molar-refractivity contribution in [3.63, 3.8) is 0 Å². The summed E-state index contributed by atoms with van der Waals surface area (Å²) in [6.07, 6.45) is 5.48. The van der Waals surface area contributed by atoms with E-state index >= 15 is 0 Å². The zero-order valence-corrected chi connectivity index (χ0v) is 12.6.